The van der Waals surface area contributed by atoms with E-state index in [1.807, 2.05) is 0 Å². The number of carboxylic acids is 1. The Bertz CT molecular complexity index is 1420. The van der Waals surface area contributed by atoms with E-state index in [9.17, 15) is 24.3 Å². The lowest BCUT2D eigenvalue weighted by atomic mass is 9.34. The Kier molecular flexibility index (Phi) is 9.12. The number of carboxylic acid groups (broad SMARTS) is 1. The summed E-state index contributed by atoms with van der Waals surface area (Å²) in [5.41, 5.74) is 0.958. The van der Waals surface area contributed by atoms with Crippen molar-refractivity contribution in [3.8, 4) is 0 Å². The third-order valence-electron chi connectivity index (χ3n) is 16.1. The van der Waals surface area contributed by atoms with E-state index in [4.69, 9.17) is 4.74 Å². The van der Waals surface area contributed by atoms with Gasteiger partial charge in [0.2, 0.25) is 5.91 Å². The van der Waals surface area contributed by atoms with Crippen LogP contribution in [0.2, 0.25) is 0 Å². The summed E-state index contributed by atoms with van der Waals surface area (Å²) in [6.07, 6.45) is 13.3. The van der Waals surface area contributed by atoms with E-state index in [1.165, 1.54) is 17.6 Å². The molecule has 274 valence electrons. The highest BCUT2D eigenvalue weighted by molar-refractivity contribution is 5.93. The average molecular weight is 680 g/mol. The Hall–Kier alpha value is -2.18. The molecule has 0 aliphatic heterocycles. The predicted molar refractivity (Wildman–Crippen MR) is 190 cm³/mol. The molecule has 8 atom stereocenters. The summed E-state index contributed by atoms with van der Waals surface area (Å²) in [6, 6.07) is 0. The van der Waals surface area contributed by atoms with Crippen molar-refractivity contribution in [1.82, 2.24) is 5.32 Å². The van der Waals surface area contributed by atoms with E-state index in [0.717, 1.165) is 77.0 Å². The number of aliphatic carboxylic acids is 1. The molecule has 5 fully saturated rings. The Labute approximate surface area is 295 Å². The fourth-order valence-corrected chi connectivity index (χ4v) is 13.2. The lowest BCUT2D eigenvalue weighted by molar-refractivity contribution is -0.214. The van der Waals surface area contributed by atoms with Crippen molar-refractivity contribution >= 4 is 23.6 Å². The zero-order chi connectivity index (χ0) is 35.9. The second kappa shape index (κ2) is 12.2. The average Bonchev–Trinajstić information content (AvgIpc) is 3.30. The van der Waals surface area contributed by atoms with Crippen LogP contribution in [0, 0.1) is 56.7 Å². The number of hydrogen-bond acceptors (Lipinski definition) is 5. The Morgan fingerprint density at radius 2 is 1.57 bits per heavy atom. The van der Waals surface area contributed by atoms with Crippen molar-refractivity contribution in [2.45, 2.75) is 170 Å². The largest absolute Gasteiger partial charge is 0.481 e. The van der Waals surface area contributed by atoms with Crippen LogP contribution in [0.15, 0.2) is 11.1 Å². The monoisotopic (exact) mass is 679 g/mol. The summed E-state index contributed by atoms with van der Waals surface area (Å²) in [6.45, 7) is 19.7. The smallest absolute Gasteiger partial charge is 0.309 e. The molecule has 0 heterocycles. The second-order valence-corrected chi connectivity index (χ2v) is 19.8. The molecule has 0 bridgehead atoms. The molecule has 5 saturated carbocycles. The zero-order valence-electron chi connectivity index (χ0n) is 32.1. The number of rotatable bonds is 7. The zero-order valence-corrected chi connectivity index (χ0v) is 32.1. The minimum Gasteiger partial charge on any atom is -0.481 e. The lowest BCUT2D eigenvalue weighted by Crippen LogP contribution is -2.65. The van der Waals surface area contributed by atoms with Crippen molar-refractivity contribution in [1.29, 1.82) is 0 Å². The van der Waals surface area contributed by atoms with Gasteiger partial charge in [-0.2, -0.15) is 0 Å². The van der Waals surface area contributed by atoms with Gasteiger partial charge in [0.1, 0.15) is 11.9 Å². The van der Waals surface area contributed by atoms with Crippen molar-refractivity contribution in [3.05, 3.63) is 11.1 Å². The van der Waals surface area contributed by atoms with Crippen molar-refractivity contribution < 1.29 is 29.0 Å². The number of carbonyl (C=O) groups is 4. The highest BCUT2D eigenvalue weighted by atomic mass is 16.5. The molecular formula is C42H65NO6. The molecule has 7 nitrogen and oxygen atoms in total. The molecular weight excluding hydrogens is 614 g/mol. The third-order valence-corrected chi connectivity index (χ3v) is 16.1. The van der Waals surface area contributed by atoms with Crippen LogP contribution in [0.1, 0.15) is 159 Å². The second-order valence-electron chi connectivity index (χ2n) is 19.8. The molecule has 6 rings (SSSR count). The number of Topliss-reactive ketones (excluding diaryl/α,β-unsaturated/α-hetero) is 1. The maximum absolute atomic E-state index is 14.0. The van der Waals surface area contributed by atoms with Crippen LogP contribution in [-0.2, 0) is 23.9 Å². The van der Waals surface area contributed by atoms with Gasteiger partial charge in [-0.05, 0) is 118 Å². The molecule has 0 aromatic heterocycles. The Balaban J connectivity index is 1.31. The standard InChI is InChI=1S/C42H65NO6/c1-25(2)33-28(44)23-42(43-35(46)26-13-11-10-12-14-26)22-21-40(8)27(34(33)42)15-16-30-39(7)19-18-31(49-32(45)24-37(3,4)36(47)48)38(5,6)29(39)17-20-41(30,40)9/h25-26,29-31,33H,10-24H2,1-9H3,(H,43,46)(H,47,48)/t29?,30?,31-,33?,39-,40+,41+,42+/m0/s1. The van der Waals surface area contributed by atoms with E-state index in [-0.39, 0.29) is 57.8 Å². The van der Waals surface area contributed by atoms with Crippen LogP contribution >= 0.6 is 0 Å². The molecule has 0 aromatic rings. The van der Waals surface area contributed by atoms with Gasteiger partial charge in [-0.3, -0.25) is 19.2 Å². The molecule has 6 aliphatic rings. The number of ketones is 1. The molecule has 49 heavy (non-hydrogen) atoms. The minimum absolute atomic E-state index is 0.0497. The van der Waals surface area contributed by atoms with Gasteiger partial charge in [-0.1, -0.05) is 73.3 Å². The minimum atomic E-state index is -1.16. The number of esters is 1. The van der Waals surface area contributed by atoms with Crippen LogP contribution in [0.4, 0.5) is 0 Å². The first-order valence-electron chi connectivity index (χ1n) is 19.8. The number of amides is 1. The first-order valence-corrected chi connectivity index (χ1v) is 19.8. The molecule has 0 aromatic carbocycles. The summed E-state index contributed by atoms with van der Waals surface area (Å²) in [5, 5.41) is 13.2. The SMILES string of the molecule is CC(C)C1C(=O)C[C@]2(NC(=O)C3CCCCC3)CC[C@]3(C)C(=C12)CCC1[C@@]2(C)CC[C@H](OC(=O)CC(C)(C)C(=O)O)C(C)(C)C2CC[C@]13C. The normalized spacial score (nSPS) is 40.6. The number of carbonyl (C=O) groups excluding carboxylic acids is 3. The third kappa shape index (κ3) is 5.56. The van der Waals surface area contributed by atoms with Crippen LogP contribution in [0.5, 0.6) is 0 Å². The molecule has 0 spiro atoms. The Morgan fingerprint density at radius 3 is 2.20 bits per heavy atom. The van der Waals surface area contributed by atoms with Crippen LogP contribution in [-0.4, -0.2) is 40.4 Å². The molecule has 3 unspecified atom stereocenters. The quantitative estimate of drug-likeness (QED) is 0.206. The molecule has 0 radical (unpaired) electrons. The van der Waals surface area contributed by atoms with Gasteiger partial charge in [0, 0.05) is 23.7 Å². The highest BCUT2D eigenvalue weighted by Gasteiger charge is 2.69. The topological polar surface area (TPSA) is 110 Å². The van der Waals surface area contributed by atoms with Crippen LogP contribution in [0.3, 0.4) is 0 Å². The van der Waals surface area contributed by atoms with Crippen molar-refractivity contribution in [2.24, 2.45) is 56.7 Å². The number of fused-ring (bicyclic) bond motifs is 6. The maximum atomic E-state index is 14.0. The van der Waals surface area contributed by atoms with Gasteiger partial charge >= 0.3 is 11.9 Å². The number of allylic oxidation sites excluding steroid dienone is 1. The van der Waals surface area contributed by atoms with Gasteiger partial charge in [0.25, 0.3) is 0 Å². The van der Waals surface area contributed by atoms with Gasteiger partial charge in [0.05, 0.1) is 17.4 Å². The summed E-state index contributed by atoms with van der Waals surface area (Å²) in [7, 11) is 0. The van der Waals surface area contributed by atoms with Gasteiger partial charge in [-0.25, -0.2) is 0 Å². The highest BCUT2D eigenvalue weighted by Crippen LogP contribution is 2.75. The molecule has 2 N–H and O–H groups in total. The molecule has 1 amide bonds. The molecule has 6 aliphatic carbocycles. The van der Waals surface area contributed by atoms with E-state index >= 15 is 0 Å². The molecule has 7 heteroatoms. The van der Waals surface area contributed by atoms with E-state index in [2.05, 4.69) is 53.8 Å². The first-order chi connectivity index (χ1) is 22.7. The summed E-state index contributed by atoms with van der Waals surface area (Å²) >= 11 is 0. The lowest BCUT2D eigenvalue weighted by Gasteiger charge is -2.70. The summed E-state index contributed by atoms with van der Waals surface area (Å²) in [4.78, 5) is 52.6. The predicted octanol–water partition coefficient (Wildman–Crippen LogP) is 8.83. The Morgan fingerprint density at radius 1 is 0.898 bits per heavy atom. The van der Waals surface area contributed by atoms with E-state index in [1.54, 1.807) is 13.8 Å². The maximum Gasteiger partial charge on any atom is 0.309 e. The first kappa shape index (κ1) is 36.6. The summed E-state index contributed by atoms with van der Waals surface area (Å²) < 4.78 is 6.16. The van der Waals surface area contributed by atoms with Crippen LogP contribution in [0.25, 0.3) is 0 Å². The van der Waals surface area contributed by atoms with Gasteiger partial charge in [0.15, 0.2) is 0 Å². The van der Waals surface area contributed by atoms with E-state index in [0.29, 0.717) is 24.0 Å². The molecule has 0 saturated heterocycles. The fraction of sp³-hybridized carbons (Fsp3) is 0.857. The van der Waals surface area contributed by atoms with Crippen molar-refractivity contribution in [2.75, 3.05) is 0 Å². The number of hydrogen-bond donors (Lipinski definition) is 2. The number of nitrogens with one attached hydrogen (secondary N) is 1. The fourth-order valence-electron chi connectivity index (χ4n) is 13.2. The van der Waals surface area contributed by atoms with Crippen molar-refractivity contribution in [3.63, 3.8) is 0 Å². The van der Waals surface area contributed by atoms with E-state index < -0.39 is 22.9 Å². The summed E-state index contributed by atoms with van der Waals surface area (Å²) in [5.74, 6) is 0.113. The van der Waals surface area contributed by atoms with Gasteiger partial charge < -0.3 is 15.2 Å². The van der Waals surface area contributed by atoms with Gasteiger partial charge in [-0.15, -0.1) is 0 Å². The van der Waals surface area contributed by atoms with Crippen LogP contribution < -0.4 is 5.32 Å². The number of ether oxygens (including phenoxy) is 1.